The lowest BCUT2D eigenvalue weighted by Crippen LogP contribution is -2.26. The second kappa shape index (κ2) is 3.77. The number of aromatic nitrogens is 2. The summed E-state index contributed by atoms with van der Waals surface area (Å²) in [7, 11) is 0. The van der Waals surface area contributed by atoms with Crippen molar-refractivity contribution in [3.63, 3.8) is 0 Å². The maximum Gasteiger partial charge on any atom is 0.136 e. The molecular formula is C10H13N3O. The third-order valence-corrected chi connectivity index (χ3v) is 2.12. The van der Waals surface area contributed by atoms with Gasteiger partial charge in [0.05, 0.1) is 12.3 Å². The standard InChI is InChI=1S/C10H13N3O/c11-8(7-14)5-9-6-13-4-2-1-3-10(13)12-9/h1-4,6,8,14H,5,7,11H2. The predicted molar refractivity (Wildman–Crippen MR) is 54.0 cm³/mol. The number of pyridine rings is 1. The van der Waals surface area contributed by atoms with Crippen LogP contribution in [0, 0.1) is 0 Å². The van der Waals surface area contributed by atoms with Crippen LogP contribution in [-0.2, 0) is 6.42 Å². The van der Waals surface area contributed by atoms with Crippen molar-refractivity contribution in [3.05, 3.63) is 36.3 Å². The van der Waals surface area contributed by atoms with E-state index in [1.54, 1.807) is 0 Å². The molecule has 4 heteroatoms. The summed E-state index contributed by atoms with van der Waals surface area (Å²) in [5, 5.41) is 8.81. The van der Waals surface area contributed by atoms with E-state index in [-0.39, 0.29) is 12.6 Å². The van der Waals surface area contributed by atoms with Gasteiger partial charge in [-0.05, 0) is 12.1 Å². The Balaban J connectivity index is 2.27. The van der Waals surface area contributed by atoms with E-state index in [0.717, 1.165) is 11.3 Å². The molecule has 0 aliphatic rings. The minimum Gasteiger partial charge on any atom is -0.395 e. The van der Waals surface area contributed by atoms with Crippen molar-refractivity contribution >= 4 is 5.65 Å². The number of aliphatic hydroxyl groups excluding tert-OH is 1. The number of nitrogens with two attached hydrogens (primary N) is 1. The van der Waals surface area contributed by atoms with Gasteiger partial charge in [0.15, 0.2) is 0 Å². The van der Waals surface area contributed by atoms with Crippen molar-refractivity contribution in [1.82, 2.24) is 9.38 Å². The molecule has 2 aromatic heterocycles. The Bertz CT molecular complexity index is 391. The molecule has 14 heavy (non-hydrogen) atoms. The van der Waals surface area contributed by atoms with Crippen molar-refractivity contribution in [3.8, 4) is 0 Å². The largest absolute Gasteiger partial charge is 0.395 e. The first-order chi connectivity index (χ1) is 6.79. The Hall–Kier alpha value is -1.39. The number of nitrogens with zero attached hydrogens (tertiary/aromatic N) is 2. The molecule has 0 saturated heterocycles. The number of aliphatic hydroxyl groups is 1. The molecule has 0 aliphatic heterocycles. The van der Waals surface area contributed by atoms with E-state index in [9.17, 15) is 0 Å². The third-order valence-electron chi connectivity index (χ3n) is 2.12. The quantitative estimate of drug-likeness (QED) is 0.728. The summed E-state index contributed by atoms with van der Waals surface area (Å²) in [5.74, 6) is 0. The molecule has 0 saturated carbocycles. The summed E-state index contributed by atoms with van der Waals surface area (Å²) < 4.78 is 1.94. The van der Waals surface area contributed by atoms with E-state index in [4.69, 9.17) is 10.8 Å². The molecule has 2 aromatic rings. The summed E-state index contributed by atoms with van der Waals surface area (Å²) in [4.78, 5) is 4.37. The van der Waals surface area contributed by atoms with E-state index in [0.29, 0.717) is 6.42 Å². The lowest BCUT2D eigenvalue weighted by molar-refractivity contribution is 0.264. The Morgan fingerprint density at radius 3 is 3.07 bits per heavy atom. The van der Waals surface area contributed by atoms with E-state index in [1.807, 2.05) is 35.0 Å². The van der Waals surface area contributed by atoms with Gasteiger partial charge in [0.2, 0.25) is 0 Å². The van der Waals surface area contributed by atoms with Crippen molar-refractivity contribution < 1.29 is 5.11 Å². The zero-order chi connectivity index (χ0) is 9.97. The highest BCUT2D eigenvalue weighted by Gasteiger charge is 2.05. The first-order valence-corrected chi connectivity index (χ1v) is 4.58. The van der Waals surface area contributed by atoms with Crippen LogP contribution in [0.25, 0.3) is 5.65 Å². The molecule has 0 amide bonds. The molecule has 2 rings (SSSR count). The van der Waals surface area contributed by atoms with Gasteiger partial charge in [-0.1, -0.05) is 6.07 Å². The highest BCUT2D eigenvalue weighted by Crippen LogP contribution is 2.05. The lowest BCUT2D eigenvalue weighted by atomic mass is 10.2. The van der Waals surface area contributed by atoms with Gasteiger partial charge in [0.1, 0.15) is 5.65 Å². The first kappa shape index (κ1) is 9.18. The van der Waals surface area contributed by atoms with Crippen LogP contribution in [0.15, 0.2) is 30.6 Å². The minimum absolute atomic E-state index is 0.00608. The molecule has 0 radical (unpaired) electrons. The van der Waals surface area contributed by atoms with Gasteiger partial charge in [0.25, 0.3) is 0 Å². The fourth-order valence-corrected chi connectivity index (χ4v) is 1.42. The molecule has 2 heterocycles. The average Bonchev–Trinajstić information content (AvgIpc) is 2.59. The topological polar surface area (TPSA) is 63.5 Å². The third kappa shape index (κ3) is 1.76. The SMILES string of the molecule is NC(CO)Cc1cn2ccccc2n1. The zero-order valence-electron chi connectivity index (χ0n) is 7.80. The van der Waals surface area contributed by atoms with Crippen LogP contribution in [0.3, 0.4) is 0 Å². The molecule has 1 atom stereocenters. The molecule has 74 valence electrons. The number of hydrogen-bond donors (Lipinski definition) is 2. The van der Waals surface area contributed by atoms with Crippen LogP contribution in [0.5, 0.6) is 0 Å². The number of fused-ring (bicyclic) bond motifs is 1. The second-order valence-corrected chi connectivity index (χ2v) is 3.35. The maximum atomic E-state index is 8.81. The lowest BCUT2D eigenvalue weighted by Gasteiger charge is -2.03. The van der Waals surface area contributed by atoms with Crippen LogP contribution in [0.4, 0.5) is 0 Å². The highest BCUT2D eigenvalue weighted by molar-refractivity contribution is 5.39. The van der Waals surface area contributed by atoms with Gasteiger partial charge in [0, 0.05) is 24.9 Å². The molecule has 3 N–H and O–H groups in total. The monoisotopic (exact) mass is 191 g/mol. The van der Waals surface area contributed by atoms with Gasteiger partial charge in [-0.25, -0.2) is 4.98 Å². The Morgan fingerprint density at radius 1 is 1.50 bits per heavy atom. The minimum atomic E-state index is -0.222. The fourth-order valence-electron chi connectivity index (χ4n) is 1.42. The van der Waals surface area contributed by atoms with E-state index < -0.39 is 0 Å². The fraction of sp³-hybridized carbons (Fsp3) is 0.300. The smallest absolute Gasteiger partial charge is 0.136 e. The molecular weight excluding hydrogens is 178 g/mol. The number of rotatable bonds is 3. The van der Waals surface area contributed by atoms with Crippen LogP contribution < -0.4 is 5.73 Å². The number of hydrogen-bond acceptors (Lipinski definition) is 3. The molecule has 0 bridgehead atoms. The first-order valence-electron chi connectivity index (χ1n) is 4.58. The van der Waals surface area contributed by atoms with Crippen molar-refractivity contribution in [1.29, 1.82) is 0 Å². The maximum absolute atomic E-state index is 8.81. The summed E-state index contributed by atoms with van der Waals surface area (Å²) in [5.41, 5.74) is 7.45. The Labute approximate surface area is 82.0 Å². The van der Waals surface area contributed by atoms with Gasteiger partial charge in [-0.2, -0.15) is 0 Å². The van der Waals surface area contributed by atoms with Crippen molar-refractivity contribution in [2.75, 3.05) is 6.61 Å². The van der Waals surface area contributed by atoms with Crippen molar-refractivity contribution in [2.45, 2.75) is 12.5 Å². The molecule has 0 aliphatic carbocycles. The molecule has 0 spiro atoms. The summed E-state index contributed by atoms with van der Waals surface area (Å²) in [6.07, 6.45) is 4.49. The molecule has 0 fully saturated rings. The predicted octanol–water partition coefficient (Wildman–Crippen LogP) is 0.196. The van der Waals surface area contributed by atoms with Crippen molar-refractivity contribution in [2.24, 2.45) is 5.73 Å². The van der Waals surface area contributed by atoms with Gasteiger partial charge >= 0.3 is 0 Å². The Kier molecular flexibility index (Phi) is 2.47. The summed E-state index contributed by atoms with van der Waals surface area (Å²) >= 11 is 0. The normalized spacial score (nSPS) is 13.3. The van der Waals surface area contributed by atoms with Gasteiger partial charge in [-0.15, -0.1) is 0 Å². The van der Waals surface area contributed by atoms with Gasteiger partial charge in [-0.3, -0.25) is 0 Å². The number of imidazole rings is 1. The second-order valence-electron chi connectivity index (χ2n) is 3.35. The van der Waals surface area contributed by atoms with Crippen LogP contribution in [0.2, 0.25) is 0 Å². The Morgan fingerprint density at radius 2 is 2.36 bits per heavy atom. The van der Waals surface area contributed by atoms with Crippen LogP contribution in [-0.4, -0.2) is 27.1 Å². The molecule has 1 unspecified atom stereocenters. The summed E-state index contributed by atoms with van der Waals surface area (Å²) in [6, 6.07) is 5.61. The van der Waals surface area contributed by atoms with E-state index in [1.165, 1.54) is 0 Å². The molecule has 4 nitrogen and oxygen atoms in total. The molecule has 0 aromatic carbocycles. The highest BCUT2D eigenvalue weighted by atomic mass is 16.3. The van der Waals surface area contributed by atoms with Crippen LogP contribution in [0.1, 0.15) is 5.69 Å². The van der Waals surface area contributed by atoms with Gasteiger partial charge < -0.3 is 15.2 Å². The summed E-state index contributed by atoms with van der Waals surface area (Å²) in [6.45, 7) is -0.00608. The van der Waals surface area contributed by atoms with E-state index in [2.05, 4.69) is 4.98 Å². The van der Waals surface area contributed by atoms with Crippen LogP contribution >= 0.6 is 0 Å². The van der Waals surface area contributed by atoms with E-state index >= 15 is 0 Å². The average molecular weight is 191 g/mol. The zero-order valence-corrected chi connectivity index (χ0v) is 7.80.